The molecule has 0 aromatic heterocycles. The summed E-state index contributed by atoms with van der Waals surface area (Å²) in [6.07, 6.45) is 3.25. The highest BCUT2D eigenvalue weighted by Crippen LogP contribution is 2.31. The molecule has 24 heavy (non-hydrogen) atoms. The van der Waals surface area contributed by atoms with Crippen LogP contribution in [0, 0.1) is 5.92 Å². The van der Waals surface area contributed by atoms with Crippen molar-refractivity contribution in [1.82, 2.24) is 4.72 Å². The van der Waals surface area contributed by atoms with E-state index in [0.717, 1.165) is 26.2 Å². The number of rotatable bonds is 8. The molecule has 7 nitrogen and oxygen atoms in total. The number of benzene rings is 1. The van der Waals surface area contributed by atoms with Gasteiger partial charge >= 0.3 is 5.97 Å². The number of aliphatic hydroxyl groups is 1. The summed E-state index contributed by atoms with van der Waals surface area (Å²) >= 11 is 5.87. The fraction of sp³-hybridized carbons (Fsp3) is 0.533. The highest BCUT2D eigenvalue weighted by molar-refractivity contribution is 7.89. The van der Waals surface area contributed by atoms with E-state index >= 15 is 0 Å². The van der Waals surface area contributed by atoms with Gasteiger partial charge in [0.1, 0.15) is 10.6 Å². The van der Waals surface area contributed by atoms with Crippen LogP contribution in [0.25, 0.3) is 0 Å². The largest absolute Gasteiger partial charge is 0.492 e. The van der Waals surface area contributed by atoms with Crippen molar-refractivity contribution in [2.24, 2.45) is 5.92 Å². The van der Waals surface area contributed by atoms with Gasteiger partial charge in [0.15, 0.2) is 5.60 Å². The zero-order valence-corrected chi connectivity index (χ0v) is 14.7. The lowest BCUT2D eigenvalue weighted by molar-refractivity contribution is -0.155. The second kappa shape index (κ2) is 7.26. The Hall–Kier alpha value is -1.35. The molecule has 1 aromatic rings. The fourth-order valence-electron chi connectivity index (χ4n) is 2.07. The SMILES string of the molecule is CC(O)(CNS(=O)(=O)c1cc(Cl)ccc1OCC1CCC1)C(=O)O. The minimum atomic E-state index is -4.10. The van der Waals surface area contributed by atoms with E-state index in [-0.39, 0.29) is 15.7 Å². The van der Waals surface area contributed by atoms with Gasteiger partial charge in [-0.05, 0) is 43.9 Å². The lowest BCUT2D eigenvalue weighted by Crippen LogP contribution is -2.46. The molecule has 3 N–H and O–H groups in total. The molecule has 9 heteroatoms. The van der Waals surface area contributed by atoms with Gasteiger partial charge in [0.2, 0.25) is 10.0 Å². The van der Waals surface area contributed by atoms with Gasteiger partial charge in [0.05, 0.1) is 13.2 Å². The Morgan fingerprint density at radius 1 is 1.46 bits per heavy atom. The number of nitrogens with one attached hydrogen (secondary N) is 1. The second-order valence-corrected chi connectivity index (χ2v) is 8.27. The van der Waals surface area contributed by atoms with Gasteiger partial charge in [0.25, 0.3) is 0 Å². The molecule has 1 aromatic carbocycles. The molecule has 1 unspecified atom stereocenters. The van der Waals surface area contributed by atoms with E-state index in [9.17, 15) is 18.3 Å². The van der Waals surface area contributed by atoms with Gasteiger partial charge < -0.3 is 14.9 Å². The summed E-state index contributed by atoms with van der Waals surface area (Å²) in [6, 6.07) is 4.21. The van der Waals surface area contributed by atoms with Crippen LogP contribution >= 0.6 is 11.6 Å². The summed E-state index contributed by atoms with van der Waals surface area (Å²) in [5, 5.41) is 18.7. The topological polar surface area (TPSA) is 113 Å². The van der Waals surface area contributed by atoms with Crippen molar-refractivity contribution in [2.45, 2.75) is 36.7 Å². The molecule has 0 bridgehead atoms. The first kappa shape index (κ1) is 19.0. The standard InChI is InChI=1S/C15H20ClNO6S/c1-15(20,14(18)19)9-17-24(21,22)13-7-11(16)5-6-12(13)23-8-10-3-2-4-10/h5-7,10,17,20H,2-4,8-9H2,1H3,(H,18,19). The number of carbonyl (C=O) groups is 1. The predicted octanol–water partition coefficient (Wildman–Crippen LogP) is 1.63. The minimum absolute atomic E-state index is 0.147. The van der Waals surface area contributed by atoms with E-state index in [0.29, 0.717) is 12.5 Å². The Labute approximate surface area is 145 Å². The average molecular weight is 378 g/mol. The Bertz CT molecular complexity index is 715. The maximum atomic E-state index is 12.4. The van der Waals surface area contributed by atoms with Gasteiger partial charge in [-0.3, -0.25) is 0 Å². The van der Waals surface area contributed by atoms with Gasteiger partial charge in [0, 0.05) is 5.02 Å². The molecular formula is C15H20ClNO6S. The summed E-state index contributed by atoms with van der Waals surface area (Å²) in [5.41, 5.74) is -2.22. The molecule has 1 aliphatic rings. The molecular weight excluding hydrogens is 358 g/mol. The number of hydrogen-bond acceptors (Lipinski definition) is 5. The van der Waals surface area contributed by atoms with Gasteiger partial charge in [-0.2, -0.15) is 0 Å². The number of ether oxygens (including phenoxy) is 1. The molecule has 0 radical (unpaired) electrons. The van der Waals surface area contributed by atoms with E-state index < -0.39 is 28.1 Å². The molecule has 0 heterocycles. The first-order valence-electron chi connectivity index (χ1n) is 7.49. The van der Waals surface area contributed by atoms with Crippen LogP contribution in [0.2, 0.25) is 5.02 Å². The summed E-state index contributed by atoms with van der Waals surface area (Å²) < 4.78 is 32.6. The molecule has 2 rings (SSSR count). The van der Waals surface area contributed by atoms with Crippen LogP contribution in [-0.2, 0) is 14.8 Å². The van der Waals surface area contributed by atoms with Crippen molar-refractivity contribution >= 4 is 27.6 Å². The van der Waals surface area contributed by atoms with Crippen LogP contribution < -0.4 is 9.46 Å². The lowest BCUT2D eigenvalue weighted by Gasteiger charge is -2.26. The van der Waals surface area contributed by atoms with E-state index in [4.69, 9.17) is 21.4 Å². The van der Waals surface area contributed by atoms with E-state index in [1.807, 2.05) is 0 Å². The number of carboxylic acid groups (broad SMARTS) is 1. The molecule has 134 valence electrons. The number of sulfonamides is 1. The fourth-order valence-corrected chi connectivity index (χ4v) is 3.60. The van der Waals surface area contributed by atoms with Crippen molar-refractivity contribution in [3.8, 4) is 5.75 Å². The van der Waals surface area contributed by atoms with Crippen LogP contribution in [0.1, 0.15) is 26.2 Å². The molecule has 1 fully saturated rings. The van der Waals surface area contributed by atoms with Crippen molar-refractivity contribution in [3.05, 3.63) is 23.2 Å². The van der Waals surface area contributed by atoms with Gasteiger partial charge in [-0.15, -0.1) is 0 Å². The first-order valence-corrected chi connectivity index (χ1v) is 9.36. The van der Waals surface area contributed by atoms with Crippen molar-refractivity contribution < 1.29 is 28.2 Å². The van der Waals surface area contributed by atoms with Crippen molar-refractivity contribution in [2.75, 3.05) is 13.2 Å². The maximum Gasteiger partial charge on any atom is 0.336 e. The summed E-state index contributed by atoms with van der Waals surface area (Å²) in [6.45, 7) is 0.736. The Balaban J connectivity index is 2.17. The third-order valence-corrected chi connectivity index (χ3v) is 5.62. The van der Waals surface area contributed by atoms with Crippen LogP contribution in [0.5, 0.6) is 5.75 Å². The average Bonchev–Trinajstić information content (AvgIpc) is 2.45. The highest BCUT2D eigenvalue weighted by atomic mass is 35.5. The van der Waals surface area contributed by atoms with Crippen LogP contribution in [0.4, 0.5) is 0 Å². The summed E-state index contributed by atoms with van der Waals surface area (Å²) in [5.74, 6) is -0.969. The quantitative estimate of drug-likeness (QED) is 0.634. The second-order valence-electron chi connectivity index (χ2n) is 6.10. The van der Waals surface area contributed by atoms with Crippen molar-refractivity contribution in [3.63, 3.8) is 0 Å². The maximum absolute atomic E-state index is 12.4. The number of aliphatic carboxylic acids is 1. The molecule has 1 aliphatic carbocycles. The van der Waals surface area contributed by atoms with E-state index in [1.54, 1.807) is 0 Å². The number of hydrogen-bond donors (Lipinski definition) is 3. The van der Waals surface area contributed by atoms with Crippen LogP contribution in [0.15, 0.2) is 23.1 Å². The van der Waals surface area contributed by atoms with E-state index in [1.165, 1.54) is 18.2 Å². The van der Waals surface area contributed by atoms with Gasteiger partial charge in [-0.25, -0.2) is 17.9 Å². The summed E-state index contributed by atoms with van der Waals surface area (Å²) in [7, 11) is -4.10. The van der Waals surface area contributed by atoms with E-state index in [2.05, 4.69) is 4.72 Å². The Morgan fingerprint density at radius 2 is 2.12 bits per heavy atom. The molecule has 0 aliphatic heterocycles. The smallest absolute Gasteiger partial charge is 0.336 e. The number of halogens is 1. The van der Waals surface area contributed by atoms with Crippen LogP contribution in [0.3, 0.4) is 0 Å². The molecule has 1 atom stereocenters. The zero-order valence-electron chi connectivity index (χ0n) is 13.2. The molecule has 0 amide bonds. The normalized spacial score (nSPS) is 17.8. The predicted molar refractivity (Wildman–Crippen MR) is 87.7 cm³/mol. The number of carboxylic acids is 1. The molecule has 0 saturated heterocycles. The summed E-state index contributed by atoms with van der Waals surface area (Å²) in [4.78, 5) is 10.7. The monoisotopic (exact) mass is 377 g/mol. The van der Waals surface area contributed by atoms with Crippen LogP contribution in [-0.4, -0.2) is 43.4 Å². The Morgan fingerprint density at radius 3 is 2.67 bits per heavy atom. The third-order valence-electron chi connectivity index (χ3n) is 3.96. The minimum Gasteiger partial charge on any atom is -0.492 e. The molecule has 1 saturated carbocycles. The third kappa shape index (κ3) is 4.60. The highest BCUT2D eigenvalue weighted by Gasteiger charge is 2.32. The van der Waals surface area contributed by atoms with Crippen molar-refractivity contribution in [1.29, 1.82) is 0 Å². The zero-order chi connectivity index (χ0) is 18.0. The van der Waals surface area contributed by atoms with Gasteiger partial charge in [-0.1, -0.05) is 18.0 Å². The lowest BCUT2D eigenvalue weighted by atomic mass is 9.86. The molecule has 0 spiro atoms. The Kier molecular flexibility index (Phi) is 5.74. The first-order chi connectivity index (χ1) is 11.1.